The van der Waals surface area contributed by atoms with Crippen molar-refractivity contribution in [2.75, 3.05) is 12.4 Å². The molecule has 0 amide bonds. The summed E-state index contributed by atoms with van der Waals surface area (Å²) in [6.07, 6.45) is 1.53. The van der Waals surface area contributed by atoms with Crippen LogP contribution in [0.3, 0.4) is 0 Å². The molecule has 0 atom stereocenters. The summed E-state index contributed by atoms with van der Waals surface area (Å²) in [6.45, 7) is 0.0396. The molecule has 0 unspecified atom stereocenters. The molecular weight excluding hydrogens is 316 g/mol. The van der Waals surface area contributed by atoms with Gasteiger partial charge in [-0.15, -0.1) is 11.3 Å². The summed E-state index contributed by atoms with van der Waals surface area (Å²) in [4.78, 5) is 14.5. The van der Waals surface area contributed by atoms with E-state index in [1.807, 2.05) is 0 Å². The van der Waals surface area contributed by atoms with Crippen LogP contribution in [0, 0.1) is 10.1 Å². The molecule has 0 aliphatic rings. The Morgan fingerprint density at radius 2 is 2.19 bits per heavy atom. The lowest BCUT2D eigenvalue weighted by atomic mass is 10.3. The van der Waals surface area contributed by atoms with Crippen LogP contribution in [0.4, 0.5) is 11.4 Å². The molecule has 1 aromatic heterocycles. The third kappa shape index (κ3) is 3.54. The van der Waals surface area contributed by atoms with Gasteiger partial charge in [-0.3, -0.25) is 15.1 Å². The number of rotatable bonds is 6. The molecule has 0 saturated heterocycles. The highest BCUT2D eigenvalue weighted by Crippen LogP contribution is 2.27. The van der Waals surface area contributed by atoms with Crippen LogP contribution in [0.2, 0.25) is 0 Å². The molecule has 2 rings (SSSR count). The van der Waals surface area contributed by atoms with E-state index in [9.17, 15) is 18.5 Å². The first-order chi connectivity index (χ1) is 9.94. The molecule has 2 aromatic rings. The van der Waals surface area contributed by atoms with E-state index in [0.717, 1.165) is 0 Å². The highest BCUT2D eigenvalue weighted by Gasteiger charge is 2.26. The van der Waals surface area contributed by atoms with Gasteiger partial charge in [-0.25, -0.2) is 13.1 Å². The van der Waals surface area contributed by atoms with Gasteiger partial charge in [-0.2, -0.15) is 0 Å². The highest BCUT2D eigenvalue weighted by molar-refractivity contribution is 7.89. The van der Waals surface area contributed by atoms with Crippen LogP contribution < -0.4 is 10.0 Å². The quantitative estimate of drug-likeness (QED) is 0.614. The average Bonchev–Trinajstić information content (AvgIpc) is 2.98. The minimum absolute atomic E-state index is 0.0396. The van der Waals surface area contributed by atoms with Crippen molar-refractivity contribution in [2.24, 2.45) is 0 Å². The fraction of sp³-hybridized carbons (Fsp3) is 0.182. The zero-order valence-electron chi connectivity index (χ0n) is 10.9. The van der Waals surface area contributed by atoms with Gasteiger partial charge in [0.1, 0.15) is 0 Å². The zero-order valence-corrected chi connectivity index (χ0v) is 12.6. The number of hydrogen-bond acceptors (Lipinski definition) is 7. The summed E-state index contributed by atoms with van der Waals surface area (Å²) < 4.78 is 26.7. The fourth-order valence-corrected chi connectivity index (χ4v) is 3.40. The Morgan fingerprint density at radius 1 is 1.43 bits per heavy atom. The Hall–Kier alpha value is -2.04. The predicted molar refractivity (Wildman–Crippen MR) is 78.8 cm³/mol. The van der Waals surface area contributed by atoms with Gasteiger partial charge in [-0.05, 0) is 12.1 Å². The Kier molecular flexibility index (Phi) is 4.50. The molecule has 0 saturated carbocycles. The fourth-order valence-electron chi connectivity index (χ4n) is 1.62. The van der Waals surface area contributed by atoms with Crippen molar-refractivity contribution >= 4 is 32.7 Å². The van der Waals surface area contributed by atoms with E-state index >= 15 is 0 Å². The van der Waals surface area contributed by atoms with Crippen LogP contribution in [0.25, 0.3) is 0 Å². The third-order valence-electron chi connectivity index (χ3n) is 2.65. The molecule has 112 valence electrons. The molecular formula is C11H12N4O4S2. The van der Waals surface area contributed by atoms with Crippen LogP contribution in [-0.4, -0.2) is 25.4 Å². The van der Waals surface area contributed by atoms with Crippen molar-refractivity contribution in [1.29, 1.82) is 0 Å². The van der Waals surface area contributed by atoms with Crippen molar-refractivity contribution in [3.63, 3.8) is 0 Å². The van der Waals surface area contributed by atoms with Crippen molar-refractivity contribution < 1.29 is 13.3 Å². The number of thiazole rings is 1. The van der Waals surface area contributed by atoms with E-state index in [2.05, 4.69) is 15.0 Å². The maximum atomic E-state index is 12.2. The van der Waals surface area contributed by atoms with Gasteiger partial charge >= 0.3 is 0 Å². The van der Waals surface area contributed by atoms with Crippen molar-refractivity contribution in [3.05, 3.63) is 44.9 Å². The molecule has 0 bridgehead atoms. The minimum atomic E-state index is -3.98. The van der Waals surface area contributed by atoms with E-state index in [0.29, 0.717) is 10.6 Å². The maximum absolute atomic E-state index is 12.2. The summed E-state index contributed by atoms with van der Waals surface area (Å²) in [6, 6.07) is 3.86. The predicted octanol–water partition coefficient (Wildman–Crippen LogP) is 1.57. The lowest BCUT2D eigenvalue weighted by Gasteiger charge is -2.08. The first-order valence-electron chi connectivity index (χ1n) is 5.77. The number of sulfonamides is 1. The second kappa shape index (κ2) is 6.16. The number of nitrogens with one attached hydrogen (secondary N) is 2. The highest BCUT2D eigenvalue weighted by atomic mass is 32.2. The zero-order chi connectivity index (χ0) is 15.5. The Labute approximate surface area is 125 Å². The number of anilines is 1. The van der Waals surface area contributed by atoms with Gasteiger partial charge in [0.15, 0.2) is 4.90 Å². The first-order valence-corrected chi connectivity index (χ1v) is 8.13. The summed E-state index contributed by atoms with van der Waals surface area (Å²) in [5.74, 6) is 0. The minimum Gasteiger partial charge on any atom is -0.388 e. The van der Waals surface area contributed by atoms with Crippen molar-refractivity contribution in [3.8, 4) is 0 Å². The van der Waals surface area contributed by atoms with Gasteiger partial charge in [0, 0.05) is 36.4 Å². The van der Waals surface area contributed by atoms with E-state index in [1.54, 1.807) is 12.6 Å². The topological polar surface area (TPSA) is 114 Å². The third-order valence-corrected chi connectivity index (χ3v) is 4.88. The largest absolute Gasteiger partial charge is 0.388 e. The van der Waals surface area contributed by atoms with Crippen LogP contribution in [0.5, 0.6) is 0 Å². The summed E-state index contributed by atoms with van der Waals surface area (Å²) >= 11 is 1.29. The van der Waals surface area contributed by atoms with Gasteiger partial charge < -0.3 is 5.32 Å². The van der Waals surface area contributed by atoms with Crippen LogP contribution in [-0.2, 0) is 16.6 Å². The molecule has 1 heterocycles. The second-order valence-corrected chi connectivity index (χ2v) is 6.69. The number of nitro groups is 1. The molecule has 0 spiro atoms. The van der Waals surface area contributed by atoms with E-state index in [1.165, 1.54) is 35.7 Å². The Bertz CT molecular complexity index is 744. The van der Waals surface area contributed by atoms with Gasteiger partial charge in [0.2, 0.25) is 10.0 Å². The van der Waals surface area contributed by atoms with Crippen molar-refractivity contribution in [2.45, 2.75) is 11.4 Å². The Balaban J connectivity index is 2.32. The SMILES string of the molecule is CNc1ccc(S(=O)(=O)NCc2cncs2)c([N+](=O)[O-])c1. The normalized spacial score (nSPS) is 11.3. The molecule has 8 nitrogen and oxygen atoms in total. The van der Waals surface area contributed by atoms with Gasteiger partial charge in [0.25, 0.3) is 5.69 Å². The first kappa shape index (κ1) is 15.4. The number of hydrogen-bond donors (Lipinski definition) is 2. The number of nitrogens with zero attached hydrogens (tertiary/aromatic N) is 2. The second-order valence-electron chi connectivity index (χ2n) is 3.98. The smallest absolute Gasteiger partial charge is 0.291 e. The van der Waals surface area contributed by atoms with Crippen LogP contribution >= 0.6 is 11.3 Å². The summed E-state index contributed by atoms with van der Waals surface area (Å²) in [5, 5.41) is 13.8. The average molecular weight is 328 g/mol. The molecule has 1 aromatic carbocycles. The monoisotopic (exact) mass is 328 g/mol. The molecule has 0 fully saturated rings. The standard InChI is InChI=1S/C11H12N4O4S2/c1-12-8-2-3-11(10(4-8)15(16)17)21(18,19)14-6-9-5-13-7-20-9/h2-5,7,12,14H,6H2,1H3. The van der Waals surface area contributed by atoms with Crippen LogP contribution in [0.15, 0.2) is 34.8 Å². The molecule has 0 radical (unpaired) electrons. The molecule has 21 heavy (non-hydrogen) atoms. The molecule has 0 aliphatic carbocycles. The van der Waals surface area contributed by atoms with Gasteiger partial charge in [0.05, 0.1) is 10.4 Å². The summed E-state index contributed by atoms with van der Waals surface area (Å²) in [7, 11) is -2.39. The maximum Gasteiger partial charge on any atom is 0.291 e. The lowest BCUT2D eigenvalue weighted by Crippen LogP contribution is -2.23. The molecule has 10 heteroatoms. The van der Waals surface area contributed by atoms with E-state index in [-0.39, 0.29) is 11.4 Å². The van der Waals surface area contributed by atoms with Gasteiger partial charge in [-0.1, -0.05) is 0 Å². The van der Waals surface area contributed by atoms with E-state index < -0.39 is 20.6 Å². The molecule has 2 N–H and O–H groups in total. The number of nitro benzene ring substituents is 1. The molecule has 0 aliphatic heterocycles. The van der Waals surface area contributed by atoms with E-state index in [4.69, 9.17) is 0 Å². The van der Waals surface area contributed by atoms with Crippen molar-refractivity contribution in [1.82, 2.24) is 9.71 Å². The van der Waals surface area contributed by atoms with Crippen LogP contribution in [0.1, 0.15) is 4.88 Å². The number of aromatic nitrogens is 1. The Morgan fingerprint density at radius 3 is 2.76 bits per heavy atom. The lowest BCUT2D eigenvalue weighted by molar-refractivity contribution is -0.387. The summed E-state index contributed by atoms with van der Waals surface area (Å²) in [5.41, 5.74) is 1.56. The number of benzene rings is 1.